The Kier molecular flexibility index (Phi) is 7.20. The third kappa shape index (κ3) is 5.75. The van der Waals surface area contributed by atoms with Crippen LogP contribution in [0, 0.1) is 0 Å². The molecule has 0 aliphatic heterocycles. The van der Waals surface area contributed by atoms with E-state index in [4.69, 9.17) is 0 Å². The van der Waals surface area contributed by atoms with Crippen LogP contribution in [0.4, 0.5) is 5.95 Å². The Hall–Kier alpha value is -4.87. The summed E-state index contributed by atoms with van der Waals surface area (Å²) in [7, 11) is -3.86. The van der Waals surface area contributed by atoms with Crippen molar-refractivity contribution in [1.29, 1.82) is 0 Å². The molecule has 0 aliphatic rings. The fourth-order valence-electron chi connectivity index (χ4n) is 3.60. The van der Waals surface area contributed by atoms with Crippen molar-refractivity contribution >= 4 is 21.9 Å². The number of hydrazine groups is 1. The molecule has 2 aromatic heterocycles. The van der Waals surface area contributed by atoms with Crippen LogP contribution in [-0.4, -0.2) is 34.1 Å². The normalized spacial score (nSPS) is 11.2. The first kappa shape index (κ1) is 24.8. The number of carbonyl (C=O) groups is 1. The van der Waals surface area contributed by atoms with E-state index in [9.17, 15) is 13.2 Å². The van der Waals surface area contributed by atoms with E-state index in [1.807, 2.05) is 48.5 Å². The van der Waals surface area contributed by atoms with Gasteiger partial charge in [0.15, 0.2) is 11.6 Å². The Bertz CT molecular complexity index is 1570. The van der Waals surface area contributed by atoms with Gasteiger partial charge in [0, 0.05) is 23.9 Å². The molecule has 0 spiro atoms. The lowest BCUT2D eigenvalue weighted by Gasteiger charge is -2.09. The van der Waals surface area contributed by atoms with E-state index in [0.29, 0.717) is 29.7 Å². The van der Waals surface area contributed by atoms with Crippen molar-refractivity contribution in [2.45, 2.75) is 11.4 Å². The van der Waals surface area contributed by atoms with E-state index in [1.165, 1.54) is 12.1 Å². The van der Waals surface area contributed by atoms with Gasteiger partial charge in [-0.25, -0.2) is 13.4 Å². The number of nitrogens with zero attached hydrogens (tertiary/aromatic N) is 4. The molecule has 190 valence electrons. The van der Waals surface area contributed by atoms with Gasteiger partial charge in [0.2, 0.25) is 5.95 Å². The highest BCUT2D eigenvalue weighted by molar-refractivity contribution is 7.89. The molecule has 10 nitrogen and oxygen atoms in total. The second-order valence-corrected chi connectivity index (χ2v) is 9.83. The molecule has 11 heteroatoms. The van der Waals surface area contributed by atoms with E-state index in [-0.39, 0.29) is 4.90 Å². The lowest BCUT2D eigenvalue weighted by molar-refractivity contribution is 0.0945. The molecular weight excluding hydrogens is 502 g/mol. The van der Waals surface area contributed by atoms with Crippen molar-refractivity contribution in [2.24, 2.45) is 0 Å². The minimum absolute atomic E-state index is 0.0521. The summed E-state index contributed by atoms with van der Waals surface area (Å²) in [6.45, 7) is 0.406. The average Bonchev–Trinajstić information content (AvgIpc) is 3.41. The van der Waals surface area contributed by atoms with Crippen molar-refractivity contribution in [1.82, 2.24) is 30.0 Å². The lowest BCUT2D eigenvalue weighted by atomic mass is 10.1. The second-order valence-electron chi connectivity index (χ2n) is 8.15. The van der Waals surface area contributed by atoms with Crippen molar-refractivity contribution in [2.75, 3.05) is 5.32 Å². The van der Waals surface area contributed by atoms with Crippen LogP contribution in [0.1, 0.15) is 15.9 Å². The van der Waals surface area contributed by atoms with Crippen LogP contribution in [0.25, 0.3) is 17.2 Å². The topological polar surface area (TPSA) is 131 Å². The SMILES string of the molecule is O=C(NNS(=O)(=O)c1ccccc1)c1ccc(CNc2nc(-c3ccccc3)n(-c3ccccn3)n2)cc1. The van der Waals surface area contributed by atoms with Gasteiger partial charge < -0.3 is 5.32 Å². The second kappa shape index (κ2) is 11.0. The number of hydrogen-bond donors (Lipinski definition) is 3. The molecular formula is C27H23N7O3S. The monoisotopic (exact) mass is 525 g/mol. The Morgan fingerprint density at radius 2 is 1.50 bits per heavy atom. The van der Waals surface area contributed by atoms with Crippen LogP contribution < -0.4 is 15.6 Å². The number of amides is 1. The number of rotatable bonds is 9. The molecule has 0 saturated heterocycles. The minimum atomic E-state index is -3.86. The molecule has 0 unspecified atom stereocenters. The van der Waals surface area contributed by atoms with Crippen molar-refractivity contribution < 1.29 is 13.2 Å². The molecule has 3 aromatic carbocycles. The predicted octanol–water partition coefficient (Wildman–Crippen LogP) is 3.56. The largest absolute Gasteiger partial charge is 0.349 e. The highest BCUT2D eigenvalue weighted by Gasteiger charge is 2.16. The van der Waals surface area contributed by atoms with Gasteiger partial charge in [-0.15, -0.1) is 9.93 Å². The van der Waals surface area contributed by atoms with Crippen molar-refractivity contribution in [3.63, 3.8) is 0 Å². The van der Waals surface area contributed by atoms with E-state index in [2.05, 4.69) is 30.6 Å². The number of pyridine rings is 1. The van der Waals surface area contributed by atoms with E-state index in [0.717, 1.165) is 11.1 Å². The summed E-state index contributed by atoms with van der Waals surface area (Å²) in [5.74, 6) is 1.14. The number of sulfonamides is 1. The average molecular weight is 526 g/mol. The molecule has 0 bridgehead atoms. The molecule has 1 amide bonds. The molecule has 3 N–H and O–H groups in total. The van der Waals surface area contributed by atoms with Gasteiger partial charge in [0.25, 0.3) is 15.9 Å². The minimum Gasteiger partial charge on any atom is -0.349 e. The highest BCUT2D eigenvalue weighted by atomic mass is 32.2. The van der Waals surface area contributed by atoms with Gasteiger partial charge in [-0.1, -0.05) is 66.7 Å². The van der Waals surface area contributed by atoms with Crippen LogP contribution in [0.3, 0.4) is 0 Å². The van der Waals surface area contributed by atoms with E-state index in [1.54, 1.807) is 53.3 Å². The van der Waals surface area contributed by atoms with Crippen LogP contribution in [0.15, 0.2) is 114 Å². The zero-order valence-electron chi connectivity index (χ0n) is 20.0. The predicted molar refractivity (Wildman–Crippen MR) is 143 cm³/mol. The number of aromatic nitrogens is 4. The summed E-state index contributed by atoms with van der Waals surface area (Å²) in [6.07, 6.45) is 1.70. The van der Waals surface area contributed by atoms with Gasteiger partial charge in [-0.3, -0.25) is 10.2 Å². The fourth-order valence-corrected chi connectivity index (χ4v) is 4.46. The smallest absolute Gasteiger partial charge is 0.266 e. The maximum atomic E-state index is 12.4. The number of hydrogen-bond acceptors (Lipinski definition) is 7. The van der Waals surface area contributed by atoms with Gasteiger partial charge in [-0.2, -0.15) is 9.67 Å². The van der Waals surface area contributed by atoms with Crippen LogP contribution in [0.5, 0.6) is 0 Å². The summed E-state index contributed by atoms with van der Waals surface area (Å²) in [6, 6.07) is 29.8. The van der Waals surface area contributed by atoms with Crippen LogP contribution in [-0.2, 0) is 16.6 Å². The van der Waals surface area contributed by atoms with E-state index < -0.39 is 15.9 Å². The third-order valence-corrected chi connectivity index (χ3v) is 6.79. The first-order valence-electron chi connectivity index (χ1n) is 11.6. The first-order valence-corrected chi connectivity index (χ1v) is 13.1. The molecule has 0 fully saturated rings. The number of nitrogens with one attached hydrogen (secondary N) is 3. The zero-order valence-corrected chi connectivity index (χ0v) is 20.8. The number of benzene rings is 3. The fraction of sp³-hybridized carbons (Fsp3) is 0.0370. The quantitative estimate of drug-likeness (QED) is 0.251. The number of anilines is 1. The first-order chi connectivity index (χ1) is 18.5. The highest BCUT2D eigenvalue weighted by Crippen LogP contribution is 2.22. The molecule has 0 saturated carbocycles. The molecule has 0 atom stereocenters. The van der Waals surface area contributed by atoms with Gasteiger partial charge in [0.1, 0.15) is 0 Å². The Balaban J connectivity index is 1.25. The maximum absolute atomic E-state index is 12.4. The molecule has 0 radical (unpaired) electrons. The molecule has 0 aliphatic carbocycles. The maximum Gasteiger partial charge on any atom is 0.266 e. The van der Waals surface area contributed by atoms with Crippen LogP contribution >= 0.6 is 0 Å². The van der Waals surface area contributed by atoms with Crippen molar-refractivity contribution in [3.05, 3.63) is 120 Å². The standard InChI is InChI=1S/C27H23N7O3S/c35-26(31-33-38(36,37)23-11-5-2-6-12-23)22-16-14-20(15-17-22)19-29-27-30-25(21-9-3-1-4-10-21)34(32-27)24-13-7-8-18-28-24/h1-18,33H,19H2,(H,29,32)(H,31,35). The Labute approximate surface area is 219 Å². The van der Waals surface area contributed by atoms with Gasteiger partial charge in [-0.05, 0) is 42.0 Å². The summed E-state index contributed by atoms with van der Waals surface area (Å²) >= 11 is 0. The zero-order chi connectivity index (χ0) is 26.4. The van der Waals surface area contributed by atoms with Crippen molar-refractivity contribution in [3.8, 4) is 17.2 Å². The summed E-state index contributed by atoms with van der Waals surface area (Å²) < 4.78 is 26.3. The Morgan fingerprint density at radius 3 is 2.18 bits per heavy atom. The molecule has 5 aromatic rings. The summed E-state index contributed by atoms with van der Waals surface area (Å²) in [4.78, 5) is 23.7. The summed E-state index contributed by atoms with van der Waals surface area (Å²) in [5.41, 5.74) is 4.31. The number of carbonyl (C=O) groups excluding carboxylic acids is 1. The van der Waals surface area contributed by atoms with Crippen LogP contribution in [0.2, 0.25) is 0 Å². The summed E-state index contributed by atoms with van der Waals surface area (Å²) in [5, 5.41) is 7.80. The van der Waals surface area contributed by atoms with Gasteiger partial charge in [0.05, 0.1) is 4.90 Å². The lowest BCUT2D eigenvalue weighted by Crippen LogP contribution is -2.41. The Morgan fingerprint density at radius 1 is 0.816 bits per heavy atom. The molecule has 38 heavy (non-hydrogen) atoms. The van der Waals surface area contributed by atoms with E-state index >= 15 is 0 Å². The molecule has 2 heterocycles. The third-order valence-electron chi connectivity index (χ3n) is 5.52. The van der Waals surface area contributed by atoms with Gasteiger partial charge >= 0.3 is 0 Å². The molecule has 5 rings (SSSR count).